The first-order valence-corrected chi connectivity index (χ1v) is 8.93. The molecular weight excluding hydrogens is 229 g/mol. The minimum atomic E-state index is -2.04. The average Bonchev–Trinajstić information content (AvgIpc) is 2.35. The SMILES string of the molecule is CCCCP(=O)(CCCC)Cc1ccccn1. The molecule has 3 heteroatoms. The summed E-state index contributed by atoms with van der Waals surface area (Å²) in [5.41, 5.74) is 0.989. The van der Waals surface area contributed by atoms with Crippen LogP contribution in [0.25, 0.3) is 0 Å². The lowest BCUT2D eigenvalue weighted by molar-refractivity contribution is 0.568. The summed E-state index contributed by atoms with van der Waals surface area (Å²) in [6.45, 7) is 4.32. The van der Waals surface area contributed by atoms with Gasteiger partial charge in [-0.25, -0.2) is 0 Å². The number of hydrogen-bond donors (Lipinski definition) is 0. The van der Waals surface area contributed by atoms with Crippen molar-refractivity contribution in [1.29, 1.82) is 0 Å². The van der Waals surface area contributed by atoms with E-state index in [4.69, 9.17) is 0 Å². The van der Waals surface area contributed by atoms with Crippen LogP contribution in [0.15, 0.2) is 24.4 Å². The first kappa shape index (κ1) is 14.4. The van der Waals surface area contributed by atoms with Gasteiger partial charge in [0.15, 0.2) is 0 Å². The molecule has 0 aliphatic heterocycles. The fourth-order valence-corrected chi connectivity index (χ4v) is 5.05. The van der Waals surface area contributed by atoms with Gasteiger partial charge in [-0.05, 0) is 25.0 Å². The molecule has 0 aliphatic carbocycles. The van der Waals surface area contributed by atoms with E-state index in [9.17, 15) is 4.57 Å². The second-order valence-electron chi connectivity index (χ2n) is 4.69. The highest BCUT2D eigenvalue weighted by Crippen LogP contribution is 2.50. The van der Waals surface area contributed by atoms with Crippen molar-refractivity contribution in [1.82, 2.24) is 4.98 Å². The zero-order chi connectivity index (χ0) is 12.6. The van der Waals surface area contributed by atoms with Crippen LogP contribution < -0.4 is 0 Å². The zero-order valence-electron chi connectivity index (χ0n) is 11.1. The van der Waals surface area contributed by atoms with Crippen molar-refractivity contribution >= 4 is 7.14 Å². The highest BCUT2D eigenvalue weighted by Gasteiger charge is 2.21. The third kappa shape index (κ3) is 5.50. The molecule has 0 bridgehead atoms. The number of hydrogen-bond acceptors (Lipinski definition) is 2. The van der Waals surface area contributed by atoms with Crippen LogP contribution in [0, 0.1) is 0 Å². The molecule has 1 aromatic heterocycles. The summed E-state index contributed by atoms with van der Waals surface area (Å²) in [6.07, 6.45) is 8.66. The van der Waals surface area contributed by atoms with E-state index in [2.05, 4.69) is 18.8 Å². The van der Waals surface area contributed by atoms with Gasteiger partial charge in [0.2, 0.25) is 0 Å². The van der Waals surface area contributed by atoms with Crippen LogP contribution in [-0.4, -0.2) is 17.3 Å². The van der Waals surface area contributed by atoms with Crippen molar-refractivity contribution in [2.24, 2.45) is 0 Å². The number of nitrogens with zero attached hydrogens (tertiary/aromatic N) is 1. The third-order valence-electron chi connectivity index (χ3n) is 3.01. The van der Waals surface area contributed by atoms with Crippen molar-refractivity contribution in [2.75, 3.05) is 12.3 Å². The Kier molecular flexibility index (Phi) is 6.50. The van der Waals surface area contributed by atoms with Crippen molar-refractivity contribution in [3.8, 4) is 0 Å². The van der Waals surface area contributed by atoms with Crippen molar-refractivity contribution in [3.05, 3.63) is 30.1 Å². The second-order valence-corrected chi connectivity index (χ2v) is 8.02. The molecule has 0 unspecified atom stereocenters. The molecule has 0 atom stereocenters. The lowest BCUT2D eigenvalue weighted by atomic mass is 10.4. The minimum Gasteiger partial charge on any atom is -0.323 e. The Bertz CT molecular complexity index is 338. The summed E-state index contributed by atoms with van der Waals surface area (Å²) in [6, 6.07) is 5.88. The normalized spacial score (nSPS) is 11.6. The Morgan fingerprint density at radius 2 is 1.76 bits per heavy atom. The maximum Gasteiger partial charge on any atom is 0.0934 e. The monoisotopic (exact) mass is 253 g/mol. The Morgan fingerprint density at radius 3 is 2.24 bits per heavy atom. The molecule has 0 aliphatic rings. The van der Waals surface area contributed by atoms with Gasteiger partial charge in [-0.1, -0.05) is 32.8 Å². The van der Waals surface area contributed by atoms with Crippen LogP contribution in [0.2, 0.25) is 0 Å². The maximum atomic E-state index is 12.9. The molecule has 1 heterocycles. The van der Waals surface area contributed by atoms with E-state index >= 15 is 0 Å². The van der Waals surface area contributed by atoms with E-state index in [1.165, 1.54) is 0 Å². The summed E-state index contributed by atoms with van der Waals surface area (Å²) in [5, 5.41) is 0. The fourth-order valence-electron chi connectivity index (χ4n) is 1.95. The van der Waals surface area contributed by atoms with Crippen LogP contribution in [0.1, 0.15) is 45.2 Å². The van der Waals surface area contributed by atoms with Gasteiger partial charge in [0.1, 0.15) is 0 Å². The lowest BCUT2D eigenvalue weighted by Gasteiger charge is -2.17. The first-order valence-electron chi connectivity index (χ1n) is 6.67. The highest BCUT2D eigenvalue weighted by molar-refractivity contribution is 7.63. The predicted octanol–water partition coefficient (Wildman–Crippen LogP) is 4.54. The van der Waals surface area contributed by atoms with E-state index in [-0.39, 0.29) is 0 Å². The highest BCUT2D eigenvalue weighted by atomic mass is 31.2. The van der Waals surface area contributed by atoms with Crippen LogP contribution >= 0.6 is 7.14 Å². The molecule has 17 heavy (non-hydrogen) atoms. The van der Waals surface area contributed by atoms with Crippen LogP contribution in [0.5, 0.6) is 0 Å². The Labute approximate surface area is 105 Å². The summed E-state index contributed by atoms with van der Waals surface area (Å²) >= 11 is 0. The van der Waals surface area contributed by atoms with E-state index in [1.807, 2.05) is 18.2 Å². The van der Waals surface area contributed by atoms with Gasteiger partial charge in [-0.2, -0.15) is 0 Å². The molecule has 0 amide bonds. The molecule has 0 radical (unpaired) electrons. The molecule has 1 aromatic rings. The molecule has 0 aromatic carbocycles. The average molecular weight is 253 g/mol. The molecule has 0 N–H and O–H groups in total. The number of pyridine rings is 1. The Balaban J connectivity index is 2.65. The number of aromatic nitrogens is 1. The Morgan fingerprint density at radius 1 is 1.12 bits per heavy atom. The fraction of sp³-hybridized carbons (Fsp3) is 0.643. The lowest BCUT2D eigenvalue weighted by Crippen LogP contribution is -2.00. The van der Waals surface area contributed by atoms with E-state index in [0.717, 1.165) is 43.7 Å². The number of rotatable bonds is 8. The smallest absolute Gasteiger partial charge is 0.0934 e. The third-order valence-corrected chi connectivity index (χ3v) is 6.18. The van der Waals surface area contributed by atoms with Crippen molar-refractivity contribution < 1.29 is 4.57 Å². The quantitative estimate of drug-likeness (QED) is 0.636. The molecule has 96 valence electrons. The molecule has 2 nitrogen and oxygen atoms in total. The maximum absolute atomic E-state index is 12.9. The summed E-state index contributed by atoms with van der Waals surface area (Å²) in [7, 11) is -2.04. The molecule has 0 fully saturated rings. The zero-order valence-corrected chi connectivity index (χ0v) is 12.0. The van der Waals surface area contributed by atoms with Gasteiger partial charge in [0.05, 0.1) is 7.14 Å². The summed E-state index contributed by atoms with van der Waals surface area (Å²) in [4.78, 5) is 4.31. The summed E-state index contributed by atoms with van der Waals surface area (Å²) < 4.78 is 12.9. The molecule has 0 saturated carbocycles. The van der Waals surface area contributed by atoms with Gasteiger partial charge in [0, 0.05) is 30.4 Å². The van der Waals surface area contributed by atoms with Gasteiger partial charge in [-0.3, -0.25) is 4.98 Å². The van der Waals surface area contributed by atoms with Crippen molar-refractivity contribution in [3.63, 3.8) is 0 Å². The van der Waals surface area contributed by atoms with E-state index < -0.39 is 7.14 Å². The molecule has 0 spiro atoms. The van der Waals surface area contributed by atoms with Crippen molar-refractivity contribution in [2.45, 2.75) is 45.7 Å². The largest absolute Gasteiger partial charge is 0.323 e. The van der Waals surface area contributed by atoms with E-state index in [1.54, 1.807) is 6.20 Å². The van der Waals surface area contributed by atoms with Crippen LogP contribution in [0.4, 0.5) is 0 Å². The second kappa shape index (κ2) is 7.66. The minimum absolute atomic E-state index is 0.688. The molecule has 0 saturated heterocycles. The first-order chi connectivity index (χ1) is 8.20. The number of unbranched alkanes of at least 4 members (excludes halogenated alkanes) is 2. The molecular formula is C14H24NOP. The summed E-state index contributed by atoms with van der Waals surface area (Å²) in [5.74, 6) is 0. The van der Waals surface area contributed by atoms with Crippen LogP contribution in [0.3, 0.4) is 0 Å². The van der Waals surface area contributed by atoms with Gasteiger partial charge in [-0.15, -0.1) is 0 Å². The predicted molar refractivity (Wildman–Crippen MR) is 75.1 cm³/mol. The standard InChI is InChI=1S/C14H24NOP/c1-3-5-11-17(16,12-6-4-2)13-14-9-7-8-10-15-14/h7-10H,3-6,11-13H2,1-2H3. The van der Waals surface area contributed by atoms with E-state index in [0.29, 0.717) is 6.16 Å². The van der Waals surface area contributed by atoms with Crippen LogP contribution in [-0.2, 0) is 10.7 Å². The van der Waals surface area contributed by atoms with Gasteiger partial charge in [0.25, 0.3) is 0 Å². The molecule has 1 rings (SSSR count). The van der Waals surface area contributed by atoms with Gasteiger partial charge >= 0.3 is 0 Å². The topological polar surface area (TPSA) is 30.0 Å². The van der Waals surface area contributed by atoms with Gasteiger partial charge < -0.3 is 4.57 Å². The Hall–Kier alpha value is -0.620.